The van der Waals surface area contributed by atoms with Gasteiger partial charge in [0.15, 0.2) is 0 Å². The van der Waals surface area contributed by atoms with Crippen molar-refractivity contribution < 1.29 is 31.4 Å². The number of nitrogens with zero attached hydrogens (tertiary/aromatic N) is 3. The van der Waals surface area contributed by atoms with Crippen molar-refractivity contribution in [3.05, 3.63) is 150 Å². The Bertz CT molecular complexity index is 2630. The van der Waals surface area contributed by atoms with Crippen LogP contribution >= 0.6 is 0 Å². The van der Waals surface area contributed by atoms with Gasteiger partial charge in [0.2, 0.25) is 0 Å². The maximum absolute atomic E-state index is 8.51. The van der Waals surface area contributed by atoms with Crippen molar-refractivity contribution in [1.29, 1.82) is 0 Å². The first-order chi connectivity index (χ1) is 26.7. The number of fused-ring (bicyclic) bond motifs is 4. The third kappa shape index (κ3) is 7.26. The Labute approximate surface area is 328 Å². The molecule has 0 N–H and O–H groups in total. The normalized spacial score (nSPS) is 13.4. The number of pyridine rings is 1. The fourth-order valence-corrected chi connectivity index (χ4v) is 6.64. The molecule has 265 valence electrons. The van der Waals surface area contributed by atoms with Gasteiger partial charge < -0.3 is 14.0 Å². The molecule has 0 spiro atoms. The molecule has 8 rings (SSSR count). The van der Waals surface area contributed by atoms with Gasteiger partial charge in [0.1, 0.15) is 5.58 Å². The summed E-state index contributed by atoms with van der Waals surface area (Å²) >= 11 is 0. The summed E-state index contributed by atoms with van der Waals surface area (Å²) in [6.45, 7) is 10.0. The first-order valence-corrected chi connectivity index (χ1v) is 17.6. The molecule has 0 aliphatic heterocycles. The molecule has 52 heavy (non-hydrogen) atoms. The monoisotopic (exact) mass is 865 g/mol. The van der Waals surface area contributed by atoms with Crippen molar-refractivity contribution in [3.63, 3.8) is 0 Å². The van der Waals surface area contributed by atoms with E-state index in [2.05, 4.69) is 97.9 Å². The van der Waals surface area contributed by atoms with Gasteiger partial charge in [0.25, 0.3) is 0 Å². The molecule has 0 aliphatic carbocycles. The predicted octanol–water partition coefficient (Wildman–Crippen LogP) is 12.7. The van der Waals surface area contributed by atoms with E-state index in [1.807, 2.05) is 48.5 Å². The molecule has 8 aromatic rings. The molecule has 5 aromatic carbocycles. The van der Waals surface area contributed by atoms with E-state index < -0.39 is 19.1 Å². The number of aryl methyl sites for hydroxylation is 1. The van der Waals surface area contributed by atoms with Crippen LogP contribution in [0, 0.1) is 24.9 Å². The van der Waals surface area contributed by atoms with Crippen LogP contribution in [0.3, 0.4) is 0 Å². The molecule has 5 heteroatoms. The van der Waals surface area contributed by atoms with E-state index >= 15 is 0 Å². The van der Waals surface area contributed by atoms with Crippen molar-refractivity contribution in [2.24, 2.45) is 5.92 Å². The summed E-state index contributed by atoms with van der Waals surface area (Å²) in [4.78, 5) is 9.34. The predicted molar refractivity (Wildman–Crippen MR) is 213 cm³/mol. The van der Waals surface area contributed by atoms with Crippen molar-refractivity contribution in [1.82, 2.24) is 14.5 Å². The van der Waals surface area contributed by atoms with Gasteiger partial charge in [-0.05, 0) is 71.6 Å². The van der Waals surface area contributed by atoms with Crippen LogP contribution in [0.15, 0.2) is 120 Å². The molecule has 0 bridgehead atoms. The van der Waals surface area contributed by atoms with Gasteiger partial charge in [-0.3, -0.25) is 4.98 Å². The molecule has 1 radical (unpaired) electrons. The van der Waals surface area contributed by atoms with E-state index in [1.165, 1.54) is 29.1 Å². The SMILES string of the molecule is CC(C)c1cccc(C(C)C)c1-n1c(-c2[c-]cccc2)nc2ccccc21.[2H]C([2H])([2H])c1cnc(-c2[c-]ccc3c2oc2ccccc23)cc1C([2H])([2H])C(C)C.[Ir]. The number of hydrogen-bond donors (Lipinski definition) is 0. The van der Waals surface area contributed by atoms with Gasteiger partial charge in [0.05, 0.1) is 22.4 Å². The topological polar surface area (TPSA) is 43.9 Å². The minimum atomic E-state index is -2.46. The maximum Gasteiger partial charge on any atom is 0.120 e. The molecule has 0 fully saturated rings. The van der Waals surface area contributed by atoms with Crippen LogP contribution in [0.5, 0.6) is 0 Å². The van der Waals surface area contributed by atoms with Crippen LogP contribution < -0.4 is 0 Å². The second-order valence-corrected chi connectivity index (χ2v) is 13.7. The van der Waals surface area contributed by atoms with Gasteiger partial charge in [-0.1, -0.05) is 113 Å². The van der Waals surface area contributed by atoms with Gasteiger partial charge >= 0.3 is 0 Å². The first kappa shape index (κ1) is 30.8. The summed E-state index contributed by atoms with van der Waals surface area (Å²) in [5.41, 5.74) is 9.53. The third-order valence-electron chi connectivity index (χ3n) is 9.02. The Morgan fingerprint density at radius 2 is 1.52 bits per heavy atom. The smallest absolute Gasteiger partial charge is 0.120 e. The second-order valence-electron chi connectivity index (χ2n) is 13.7. The summed E-state index contributed by atoms with van der Waals surface area (Å²) in [6.07, 6.45) is -0.573. The largest absolute Gasteiger partial charge is 0.501 e. The van der Waals surface area contributed by atoms with Crippen molar-refractivity contribution in [2.75, 3.05) is 0 Å². The summed E-state index contributed by atoms with van der Waals surface area (Å²) in [6, 6.07) is 42.6. The number of aromatic nitrogens is 3. The number of para-hydroxylation sites is 4. The number of hydrogen-bond acceptors (Lipinski definition) is 3. The molecule has 3 aromatic heterocycles. The molecular weight excluding hydrogens is 815 g/mol. The third-order valence-corrected chi connectivity index (χ3v) is 9.02. The summed E-state index contributed by atoms with van der Waals surface area (Å²) in [5.74, 6) is 1.39. The van der Waals surface area contributed by atoms with Crippen molar-refractivity contribution >= 4 is 33.0 Å². The molecule has 0 saturated heterocycles. The first-order valence-electron chi connectivity index (χ1n) is 20.1. The Kier molecular flexibility index (Phi) is 9.36. The zero-order valence-corrected chi connectivity index (χ0v) is 32.7. The van der Waals surface area contributed by atoms with E-state index in [0.29, 0.717) is 28.7 Å². The van der Waals surface area contributed by atoms with Crippen LogP contribution in [0.4, 0.5) is 0 Å². The molecule has 0 atom stereocenters. The standard InChI is InChI=1S/C25H25N2.C22H20NO.Ir/c1-17(2)20-13-10-14-21(18(3)4)24(20)27-23-16-9-8-15-22(23)26-25(27)19-11-6-5-7-12-19;1-14(2)11-16-12-20(23-13-15(16)3)19-9-6-8-18-17-7-4-5-10-21(17)24-22(18)19;/h5-11,13-18H,1-4H3;4-8,10,12-14H,11H2,1-3H3;/q2*-1;/i;3D3,11D2;. The summed E-state index contributed by atoms with van der Waals surface area (Å²) in [5, 5.41) is 1.87. The fraction of sp³-hybridized carbons (Fsp3) is 0.234. The Morgan fingerprint density at radius 3 is 2.23 bits per heavy atom. The molecular formula is C47H45IrN3O-2. The summed E-state index contributed by atoms with van der Waals surface area (Å²) in [7, 11) is 0. The van der Waals surface area contributed by atoms with Crippen LogP contribution in [-0.4, -0.2) is 14.5 Å². The Morgan fingerprint density at radius 1 is 0.788 bits per heavy atom. The molecule has 0 unspecified atom stereocenters. The number of imidazole rings is 1. The number of furan rings is 1. The van der Waals surface area contributed by atoms with Crippen LogP contribution in [0.25, 0.3) is 61.3 Å². The van der Waals surface area contributed by atoms with E-state index in [4.69, 9.17) is 16.3 Å². The molecule has 0 aliphatic rings. The van der Waals surface area contributed by atoms with E-state index in [1.54, 1.807) is 19.9 Å². The van der Waals surface area contributed by atoms with Gasteiger partial charge in [-0.2, -0.15) is 0 Å². The minimum Gasteiger partial charge on any atom is -0.501 e. The zero-order chi connectivity index (χ0) is 39.9. The van der Waals surface area contributed by atoms with Crippen LogP contribution in [0.2, 0.25) is 0 Å². The molecule has 0 saturated carbocycles. The van der Waals surface area contributed by atoms with E-state index in [0.717, 1.165) is 38.8 Å². The second kappa shape index (κ2) is 15.8. The molecule has 3 heterocycles. The Balaban J connectivity index is 0.000000190. The average Bonchev–Trinajstić information content (AvgIpc) is 3.76. The van der Waals surface area contributed by atoms with Crippen molar-refractivity contribution in [3.8, 4) is 28.3 Å². The Hall–Kier alpha value is -4.83. The van der Waals surface area contributed by atoms with E-state index in [9.17, 15) is 0 Å². The van der Waals surface area contributed by atoms with E-state index in [-0.39, 0.29) is 31.2 Å². The van der Waals surface area contributed by atoms with Gasteiger partial charge in [-0.15, -0.1) is 54.1 Å². The van der Waals surface area contributed by atoms with Crippen LogP contribution in [-0.2, 0) is 26.5 Å². The quantitative estimate of drug-likeness (QED) is 0.150. The summed E-state index contributed by atoms with van der Waals surface area (Å²) < 4.78 is 48.8. The fourth-order valence-electron chi connectivity index (χ4n) is 6.64. The molecule has 0 amide bonds. The maximum atomic E-state index is 8.51. The minimum absolute atomic E-state index is 0. The average molecular weight is 865 g/mol. The number of benzene rings is 5. The number of rotatable bonds is 7. The van der Waals surface area contributed by atoms with Gasteiger partial charge in [-0.25, -0.2) is 0 Å². The zero-order valence-electron chi connectivity index (χ0n) is 35.3. The van der Waals surface area contributed by atoms with Crippen molar-refractivity contribution in [2.45, 2.75) is 66.6 Å². The van der Waals surface area contributed by atoms with Crippen LogP contribution in [0.1, 0.15) is 82.5 Å². The van der Waals surface area contributed by atoms with Gasteiger partial charge in [0, 0.05) is 44.2 Å². The molecule has 4 nitrogen and oxygen atoms in total.